The molecule has 24 heavy (non-hydrogen) atoms. The third kappa shape index (κ3) is 5.09. The summed E-state index contributed by atoms with van der Waals surface area (Å²) in [4.78, 5) is 14.6. The summed E-state index contributed by atoms with van der Waals surface area (Å²) >= 11 is 0. The highest BCUT2D eigenvalue weighted by atomic mass is 16.1. The summed E-state index contributed by atoms with van der Waals surface area (Å²) in [5, 5.41) is 0. The minimum Gasteiger partial charge on any atom is -0.372 e. The van der Waals surface area contributed by atoms with E-state index < -0.39 is 0 Å². The van der Waals surface area contributed by atoms with Gasteiger partial charge in [0.25, 0.3) is 0 Å². The van der Waals surface area contributed by atoms with Crippen LogP contribution in [0.4, 0.5) is 5.69 Å². The van der Waals surface area contributed by atoms with Crippen LogP contribution in [0.5, 0.6) is 0 Å². The summed E-state index contributed by atoms with van der Waals surface area (Å²) in [5.74, 6) is 0.394. The Kier molecular flexibility index (Phi) is 6.28. The fourth-order valence-electron chi connectivity index (χ4n) is 3.60. The molecule has 0 saturated carbocycles. The number of rotatable bonds is 7. The number of ketones is 1. The molecule has 128 valence electrons. The quantitative estimate of drug-likeness (QED) is 0.684. The first-order chi connectivity index (χ1) is 11.8. The largest absolute Gasteiger partial charge is 0.372 e. The molecule has 1 aromatic rings. The molecular formula is C22H29NO. The van der Waals surface area contributed by atoms with Crippen LogP contribution in [0.15, 0.2) is 48.1 Å². The lowest BCUT2D eigenvalue weighted by Crippen LogP contribution is -2.29. The second-order valence-electron chi connectivity index (χ2n) is 7.04. The summed E-state index contributed by atoms with van der Waals surface area (Å²) in [6.07, 6.45) is 15.9. The highest BCUT2D eigenvalue weighted by molar-refractivity contribution is 5.78. The molecule has 1 heterocycles. The first kappa shape index (κ1) is 17.0. The molecular weight excluding hydrogens is 294 g/mol. The molecule has 0 amide bonds. The summed E-state index contributed by atoms with van der Waals surface area (Å²) < 4.78 is 0. The van der Waals surface area contributed by atoms with E-state index in [1.165, 1.54) is 49.2 Å². The fraction of sp³-hybridized carbons (Fsp3) is 0.500. The van der Waals surface area contributed by atoms with Crippen molar-refractivity contribution in [3.8, 4) is 0 Å². The lowest BCUT2D eigenvalue weighted by molar-refractivity contribution is -0.119. The number of hydrogen-bond donors (Lipinski definition) is 0. The van der Waals surface area contributed by atoms with Gasteiger partial charge < -0.3 is 4.90 Å². The second-order valence-corrected chi connectivity index (χ2v) is 7.04. The number of carbonyl (C=O) groups is 1. The summed E-state index contributed by atoms with van der Waals surface area (Å²) in [5.41, 5.74) is 4.04. The van der Waals surface area contributed by atoms with E-state index in [1.807, 2.05) is 0 Å². The van der Waals surface area contributed by atoms with E-state index in [0.717, 1.165) is 25.7 Å². The van der Waals surface area contributed by atoms with E-state index in [-0.39, 0.29) is 0 Å². The van der Waals surface area contributed by atoms with E-state index in [9.17, 15) is 4.79 Å². The molecule has 3 rings (SSSR count). The summed E-state index contributed by atoms with van der Waals surface area (Å²) in [7, 11) is 0. The number of aryl methyl sites for hydroxylation is 1. The minimum absolute atomic E-state index is 0.394. The normalized spacial score (nSPS) is 17.7. The van der Waals surface area contributed by atoms with Gasteiger partial charge in [-0.15, -0.1) is 0 Å². The van der Waals surface area contributed by atoms with Crippen molar-refractivity contribution in [2.24, 2.45) is 0 Å². The molecule has 2 nitrogen and oxygen atoms in total. The third-order valence-corrected chi connectivity index (χ3v) is 5.18. The zero-order valence-electron chi connectivity index (χ0n) is 14.7. The number of anilines is 1. The van der Waals surface area contributed by atoms with Gasteiger partial charge in [0, 0.05) is 31.6 Å². The van der Waals surface area contributed by atoms with Crippen LogP contribution < -0.4 is 4.90 Å². The van der Waals surface area contributed by atoms with E-state index in [4.69, 9.17) is 0 Å². The van der Waals surface area contributed by atoms with E-state index >= 15 is 0 Å². The van der Waals surface area contributed by atoms with Gasteiger partial charge in [-0.25, -0.2) is 0 Å². The number of hydrogen-bond acceptors (Lipinski definition) is 2. The van der Waals surface area contributed by atoms with Crippen LogP contribution >= 0.6 is 0 Å². The van der Waals surface area contributed by atoms with Gasteiger partial charge in [0.15, 0.2) is 0 Å². The maximum absolute atomic E-state index is 12.1. The molecule has 2 heteroatoms. The topological polar surface area (TPSA) is 20.3 Å². The van der Waals surface area contributed by atoms with Crippen molar-refractivity contribution >= 4 is 11.5 Å². The first-order valence-corrected chi connectivity index (χ1v) is 9.51. The standard InChI is InChI=1S/C22H29NO/c24-22(15-11-19-7-3-1-4-8-19)16-12-20-9-13-21(14-10-20)23-17-5-2-6-18-23/h1,3,7,9-10,13-14H,2,4-6,8,11-12,15-18H2. The van der Waals surface area contributed by atoms with Crippen molar-refractivity contribution in [2.75, 3.05) is 18.0 Å². The lowest BCUT2D eigenvalue weighted by Gasteiger charge is -2.28. The van der Waals surface area contributed by atoms with E-state index in [1.54, 1.807) is 0 Å². The van der Waals surface area contributed by atoms with Crippen molar-refractivity contribution in [1.82, 2.24) is 0 Å². The average Bonchev–Trinajstić information content (AvgIpc) is 2.67. The Labute approximate surface area is 146 Å². The Morgan fingerprint density at radius 2 is 1.71 bits per heavy atom. The van der Waals surface area contributed by atoms with Crippen LogP contribution in [0.3, 0.4) is 0 Å². The number of Topliss-reactive ketones (excluding diaryl/α,β-unsaturated/α-hetero) is 1. The maximum atomic E-state index is 12.1. The predicted molar refractivity (Wildman–Crippen MR) is 102 cm³/mol. The number of allylic oxidation sites excluding steroid dienone is 4. The number of piperidine rings is 1. The molecule has 1 saturated heterocycles. The highest BCUT2D eigenvalue weighted by Gasteiger charge is 2.11. The van der Waals surface area contributed by atoms with Gasteiger partial charge in [0.2, 0.25) is 0 Å². The summed E-state index contributed by atoms with van der Waals surface area (Å²) in [6.45, 7) is 2.37. The summed E-state index contributed by atoms with van der Waals surface area (Å²) in [6, 6.07) is 8.85. The Balaban J connectivity index is 1.41. The molecule has 1 aromatic carbocycles. The Morgan fingerprint density at radius 3 is 2.42 bits per heavy atom. The number of benzene rings is 1. The molecule has 1 aliphatic carbocycles. The molecule has 0 N–H and O–H groups in total. The van der Waals surface area contributed by atoms with Crippen LogP contribution in [-0.4, -0.2) is 18.9 Å². The molecule has 1 aliphatic heterocycles. The molecule has 2 aliphatic rings. The Hall–Kier alpha value is -1.83. The van der Waals surface area contributed by atoms with Crippen molar-refractivity contribution < 1.29 is 4.79 Å². The fourth-order valence-corrected chi connectivity index (χ4v) is 3.60. The van der Waals surface area contributed by atoms with Gasteiger partial charge in [0.05, 0.1) is 0 Å². The van der Waals surface area contributed by atoms with Crippen LogP contribution in [-0.2, 0) is 11.2 Å². The number of carbonyl (C=O) groups excluding carboxylic acids is 1. The molecule has 0 bridgehead atoms. The van der Waals surface area contributed by atoms with Gasteiger partial charge >= 0.3 is 0 Å². The zero-order valence-corrected chi connectivity index (χ0v) is 14.7. The Morgan fingerprint density at radius 1 is 0.958 bits per heavy atom. The van der Waals surface area contributed by atoms with Crippen molar-refractivity contribution in [3.05, 3.63) is 53.6 Å². The smallest absolute Gasteiger partial charge is 0.133 e. The zero-order chi connectivity index (χ0) is 16.6. The van der Waals surface area contributed by atoms with Crippen LogP contribution in [0, 0.1) is 0 Å². The molecule has 1 fully saturated rings. The van der Waals surface area contributed by atoms with E-state index in [0.29, 0.717) is 18.6 Å². The monoisotopic (exact) mass is 323 g/mol. The van der Waals surface area contributed by atoms with E-state index in [2.05, 4.69) is 47.4 Å². The van der Waals surface area contributed by atoms with Crippen molar-refractivity contribution in [3.63, 3.8) is 0 Å². The van der Waals surface area contributed by atoms with Crippen LogP contribution in [0.2, 0.25) is 0 Å². The van der Waals surface area contributed by atoms with Crippen molar-refractivity contribution in [1.29, 1.82) is 0 Å². The predicted octanol–water partition coefficient (Wildman–Crippen LogP) is 5.24. The lowest BCUT2D eigenvalue weighted by atomic mass is 9.97. The second kappa shape index (κ2) is 8.86. The van der Waals surface area contributed by atoms with Gasteiger partial charge in [-0.1, -0.05) is 35.9 Å². The van der Waals surface area contributed by atoms with Gasteiger partial charge in [0.1, 0.15) is 5.78 Å². The molecule has 0 atom stereocenters. The average molecular weight is 323 g/mol. The molecule has 0 spiro atoms. The third-order valence-electron chi connectivity index (χ3n) is 5.18. The van der Waals surface area contributed by atoms with Gasteiger partial charge in [-0.2, -0.15) is 0 Å². The highest BCUT2D eigenvalue weighted by Crippen LogP contribution is 2.21. The SMILES string of the molecule is O=C(CCC1=CC=CCC1)CCc1ccc(N2CCCCC2)cc1. The Bertz CT molecular complexity index is 591. The number of nitrogens with zero attached hydrogens (tertiary/aromatic N) is 1. The van der Waals surface area contributed by atoms with Crippen molar-refractivity contribution in [2.45, 2.75) is 57.8 Å². The molecule has 0 aromatic heterocycles. The minimum atomic E-state index is 0.394. The van der Waals surface area contributed by atoms with Crippen LogP contribution in [0.25, 0.3) is 0 Å². The van der Waals surface area contributed by atoms with Gasteiger partial charge in [-0.05, 0) is 62.6 Å². The van der Waals surface area contributed by atoms with Gasteiger partial charge in [-0.3, -0.25) is 4.79 Å². The molecule has 0 unspecified atom stereocenters. The maximum Gasteiger partial charge on any atom is 0.133 e. The first-order valence-electron chi connectivity index (χ1n) is 9.51. The molecule has 0 radical (unpaired) electrons. The van der Waals surface area contributed by atoms with Crippen LogP contribution in [0.1, 0.15) is 56.9 Å².